The lowest BCUT2D eigenvalue weighted by atomic mass is 10.1. The molecule has 3 heterocycles. The molecule has 0 unspecified atom stereocenters. The van der Waals surface area contributed by atoms with Crippen LogP contribution in [0.2, 0.25) is 0 Å². The highest BCUT2D eigenvalue weighted by molar-refractivity contribution is 5.88. The fourth-order valence-electron chi connectivity index (χ4n) is 3.60. The van der Waals surface area contributed by atoms with Gasteiger partial charge in [-0.3, -0.25) is 9.78 Å². The molecule has 150 valence electrons. The third-order valence-corrected chi connectivity index (χ3v) is 5.17. The Labute approximate surface area is 169 Å². The molecular formula is C22H24N4O3. The number of H-pyrrole nitrogens is 1. The van der Waals surface area contributed by atoms with Gasteiger partial charge < -0.3 is 14.4 Å². The molecule has 1 aromatic carbocycles. The third-order valence-electron chi connectivity index (χ3n) is 5.17. The number of hydrogen-bond donors (Lipinski definition) is 1. The number of methoxy groups -OCH3 is 2. The summed E-state index contributed by atoms with van der Waals surface area (Å²) in [6.45, 7) is 1.82. The molecule has 4 rings (SSSR count). The van der Waals surface area contributed by atoms with E-state index in [4.69, 9.17) is 9.47 Å². The van der Waals surface area contributed by atoms with Crippen molar-refractivity contribution in [1.29, 1.82) is 0 Å². The lowest BCUT2D eigenvalue weighted by Crippen LogP contribution is -2.32. The zero-order chi connectivity index (χ0) is 20.2. The van der Waals surface area contributed by atoms with Gasteiger partial charge in [0.15, 0.2) is 5.65 Å². The molecule has 1 aliphatic heterocycles. The smallest absolute Gasteiger partial charge is 0.262 e. The molecule has 0 radical (unpaired) electrons. The van der Waals surface area contributed by atoms with Crippen LogP contribution >= 0.6 is 0 Å². The van der Waals surface area contributed by atoms with Crippen LogP contribution in [0.5, 0.6) is 11.5 Å². The maximum atomic E-state index is 12.8. The first kappa shape index (κ1) is 19.0. The van der Waals surface area contributed by atoms with E-state index < -0.39 is 0 Å². The molecule has 0 aliphatic carbocycles. The molecule has 29 heavy (non-hydrogen) atoms. The van der Waals surface area contributed by atoms with Crippen molar-refractivity contribution in [3.05, 3.63) is 51.9 Å². The number of aromatic nitrogens is 3. The number of rotatable bonds is 5. The van der Waals surface area contributed by atoms with Crippen LogP contribution in [0.4, 0.5) is 5.95 Å². The Hall–Kier alpha value is -3.35. The first-order valence-corrected chi connectivity index (χ1v) is 9.73. The number of piperidine rings is 1. The van der Waals surface area contributed by atoms with Crippen LogP contribution in [0, 0.1) is 0 Å². The predicted molar refractivity (Wildman–Crippen MR) is 115 cm³/mol. The molecule has 1 aliphatic rings. The van der Waals surface area contributed by atoms with Crippen molar-refractivity contribution in [2.24, 2.45) is 0 Å². The van der Waals surface area contributed by atoms with Gasteiger partial charge in [-0.25, -0.2) is 4.98 Å². The highest BCUT2D eigenvalue weighted by Gasteiger charge is 2.16. The quantitative estimate of drug-likeness (QED) is 0.716. The highest BCUT2D eigenvalue weighted by Crippen LogP contribution is 2.27. The molecule has 1 saturated heterocycles. The van der Waals surface area contributed by atoms with Crippen LogP contribution in [0.15, 0.2) is 35.3 Å². The second kappa shape index (κ2) is 8.34. The number of nitrogens with zero attached hydrogens (tertiary/aromatic N) is 3. The summed E-state index contributed by atoms with van der Waals surface area (Å²) >= 11 is 0. The average molecular weight is 392 g/mol. The minimum absolute atomic E-state index is 0.176. The van der Waals surface area contributed by atoms with E-state index in [-0.39, 0.29) is 5.56 Å². The molecule has 0 atom stereocenters. The van der Waals surface area contributed by atoms with Crippen LogP contribution in [-0.2, 0) is 0 Å². The standard InChI is InChI=1S/C22H24N4O3/c1-28-17-9-8-15(18(14-17)29-2)6-7-16-10-11-23-20-19(16)21(27)25-22(24-20)26-12-4-3-5-13-26/h6-11,14H,3-5,12-13H2,1-2H3,(H,23,24,25,27)/b7-6+. The van der Waals surface area contributed by atoms with Crippen molar-refractivity contribution in [2.75, 3.05) is 32.2 Å². The fraction of sp³-hybridized carbons (Fsp3) is 0.318. The molecular weight excluding hydrogens is 368 g/mol. The van der Waals surface area contributed by atoms with Crippen molar-refractivity contribution in [2.45, 2.75) is 19.3 Å². The normalized spacial score (nSPS) is 14.5. The molecule has 2 aromatic heterocycles. The Morgan fingerprint density at radius 2 is 1.83 bits per heavy atom. The number of pyridine rings is 1. The Kier molecular flexibility index (Phi) is 5.46. The van der Waals surface area contributed by atoms with Gasteiger partial charge >= 0.3 is 0 Å². The van der Waals surface area contributed by atoms with Crippen molar-refractivity contribution in [3.8, 4) is 11.5 Å². The highest BCUT2D eigenvalue weighted by atomic mass is 16.5. The van der Waals surface area contributed by atoms with E-state index in [9.17, 15) is 4.79 Å². The molecule has 0 saturated carbocycles. The molecule has 1 N–H and O–H groups in total. The fourth-order valence-corrected chi connectivity index (χ4v) is 3.60. The van der Waals surface area contributed by atoms with Crippen molar-refractivity contribution in [3.63, 3.8) is 0 Å². The topological polar surface area (TPSA) is 80.3 Å². The van der Waals surface area contributed by atoms with E-state index in [1.54, 1.807) is 20.4 Å². The van der Waals surface area contributed by atoms with E-state index in [2.05, 4.69) is 19.9 Å². The van der Waals surface area contributed by atoms with Gasteiger partial charge in [0.25, 0.3) is 5.56 Å². The monoisotopic (exact) mass is 392 g/mol. The van der Waals surface area contributed by atoms with Crippen LogP contribution in [-0.4, -0.2) is 42.3 Å². The summed E-state index contributed by atoms with van der Waals surface area (Å²) in [4.78, 5) is 26.9. The lowest BCUT2D eigenvalue weighted by molar-refractivity contribution is 0.394. The SMILES string of the molecule is COc1ccc(/C=C/c2ccnc3nc(N4CCCCC4)[nH]c(=O)c23)c(OC)c1. The van der Waals surface area contributed by atoms with Crippen molar-refractivity contribution >= 4 is 29.1 Å². The van der Waals surface area contributed by atoms with E-state index in [0.29, 0.717) is 22.7 Å². The summed E-state index contributed by atoms with van der Waals surface area (Å²) in [5.74, 6) is 2.02. The summed E-state index contributed by atoms with van der Waals surface area (Å²) in [5.41, 5.74) is 1.92. The summed E-state index contributed by atoms with van der Waals surface area (Å²) in [6, 6.07) is 7.41. The van der Waals surface area contributed by atoms with Gasteiger partial charge in [0.05, 0.1) is 19.6 Å². The van der Waals surface area contributed by atoms with E-state index in [0.717, 1.165) is 42.8 Å². The summed E-state index contributed by atoms with van der Waals surface area (Å²) in [5, 5.41) is 0.483. The maximum Gasteiger partial charge on any atom is 0.262 e. The summed E-state index contributed by atoms with van der Waals surface area (Å²) < 4.78 is 10.7. The van der Waals surface area contributed by atoms with E-state index in [1.165, 1.54) is 6.42 Å². The van der Waals surface area contributed by atoms with Gasteiger partial charge in [-0.1, -0.05) is 12.2 Å². The Balaban J connectivity index is 1.71. The number of fused-ring (bicyclic) bond motifs is 1. The van der Waals surface area contributed by atoms with Gasteiger partial charge in [-0.2, -0.15) is 4.98 Å². The van der Waals surface area contributed by atoms with E-state index >= 15 is 0 Å². The number of ether oxygens (including phenoxy) is 2. The predicted octanol–water partition coefficient (Wildman–Crippen LogP) is 3.50. The number of aromatic amines is 1. The van der Waals surface area contributed by atoms with Crippen LogP contribution in [0.25, 0.3) is 23.2 Å². The molecule has 0 spiro atoms. The maximum absolute atomic E-state index is 12.8. The Morgan fingerprint density at radius 3 is 2.59 bits per heavy atom. The summed E-state index contributed by atoms with van der Waals surface area (Å²) in [6.07, 6.45) is 8.91. The zero-order valence-electron chi connectivity index (χ0n) is 16.6. The lowest BCUT2D eigenvalue weighted by Gasteiger charge is -2.26. The van der Waals surface area contributed by atoms with Gasteiger partial charge in [-0.05, 0) is 43.0 Å². The first-order chi connectivity index (χ1) is 14.2. The summed E-state index contributed by atoms with van der Waals surface area (Å²) in [7, 11) is 3.23. The van der Waals surface area contributed by atoms with Crippen LogP contribution in [0.1, 0.15) is 30.4 Å². The molecule has 1 fully saturated rings. The van der Waals surface area contributed by atoms with Gasteiger partial charge in [0.1, 0.15) is 11.5 Å². The van der Waals surface area contributed by atoms with E-state index in [1.807, 2.05) is 36.4 Å². The number of benzene rings is 1. The number of anilines is 1. The largest absolute Gasteiger partial charge is 0.497 e. The van der Waals surface area contributed by atoms with Gasteiger partial charge in [-0.15, -0.1) is 0 Å². The minimum Gasteiger partial charge on any atom is -0.497 e. The van der Waals surface area contributed by atoms with Crippen molar-refractivity contribution < 1.29 is 9.47 Å². The van der Waals surface area contributed by atoms with Crippen LogP contribution < -0.4 is 19.9 Å². The average Bonchev–Trinajstić information content (AvgIpc) is 2.77. The second-order valence-corrected chi connectivity index (χ2v) is 6.98. The van der Waals surface area contributed by atoms with Gasteiger partial charge in [0, 0.05) is 30.9 Å². The third kappa shape index (κ3) is 3.94. The Morgan fingerprint density at radius 1 is 1.03 bits per heavy atom. The zero-order valence-corrected chi connectivity index (χ0v) is 16.6. The molecule has 3 aromatic rings. The Bertz CT molecular complexity index is 1100. The number of hydrogen-bond acceptors (Lipinski definition) is 6. The van der Waals surface area contributed by atoms with Crippen molar-refractivity contribution in [1.82, 2.24) is 15.0 Å². The molecule has 0 bridgehead atoms. The molecule has 7 nitrogen and oxygen atoms in total. The molecule has 7 heteroatoms. The minimum atomic E-state index is -0.176. The molecule has 0 amide bonds. The second-order valence-electron chi connectivity index (χ2n) is 6.98. The van der Waals surface area contributed by atoms with Crippen LogP contribution in [0.3, 0.4) is 0 Å². The number of nitrogens with one attached hydrogen (secondary N) is 1. The van der Waals surface area contributed by atoms with Gasteiger partial charge in [0.2, 0.25) is 5.95 Å². The first-order valence-electron chi connectivity index (χ1n) is 9.73.